The SMILES string of the molecule is COCCOc1nc(-c2ccco2)n(-c2cccc(NC(=O)Nc3ccccc3C)c2)n1. The van der Waals surface area contributed by atoms with Gasteiger partial charge in [0.15, 0.2) is 5.76 Å². The number of nitrogens with zero attached hydrogens (tertiary/aromatic N) is 3. The highest BCUT2D eigenvalue weighted by molar-refractivity contribution is 6.00. The molecule has 0 bridgehead atoms. The van der Waals surface area contributed by atoms with Crippen molar-refractivity contribution in [3.63, 3.8) is 0 Å². The lowest BCUT2D eigenvalue weighted by Gasteiger charge is -2.11. The number of methoxy groups -OCH3 is 1. The average molecular weight is 433 g/mol. The van der Waals surface area contributed by atoms with Gasteiger partial charge in [0.2, 0.25) is 5.82 Å². The first-order chi connectivity index (χ1) is 15.6. The highest BCUT2D eigenvalue weighted by Crippen LogP contribution is 2.25. The van der Waals surface area contributed by atoms with Crippen molar-refractivity contribution in [2.45, 2.75) is 6.92 Å². The van der Waals surface area contributed by atoms with Crippen LogP contribution >= 0.6 is 0 Å². The molecule has 0 aliphatic heterocycles. The van der Waals surface area contributed by atoms with E-state index in [2.05, 4.69) is 20.7 Å². The molecule has 2 aromatic carbocycles. The Morgan fingerprint density at radius 2 is 1.94 bits per heavy atom. The summed E-state index contributed by atoms with van der Waals surface area (Å²) in [5, 5.41) is 10.1. The Labute approximate surface area is 185 Å². The molecule has 0 saturated heterocycles. The molecule has 0 unspecified atom stereocenters. The molecule has 9 nitrogen and oxygen atoms in total. The molecular weight excluding hydrogens is 410 g/mol. The number of urea groups is 1. The second kappa shape index (κ2) is 9.80. The van der Waals surface area contributed by atoms with Crippen LogP contribution in [0, 0.1) is 6.92 Å². The van der Waals surface area contributed by atoms with Crippen molar-refractivity contribution in [3.8, 4) is 23.3 Å². The number of furan rings is 1. The number of aryl methyl sites for hydroxylation is 1. The van der Waals surface area contributed by atoms with Crippen molar-refractivity contribution in [2.75, 3.05) is 31.0 Å². The quantitative estimate of drug-likeness (QED) is 0.397. The molecule has 4 rings (SSSR count). The van der Waals surface area contributed by atoms with Gasteiger partial charge < -0.3 is 24.5 Å². The Balaban J connectivity index is 1.57. The van der Waals surface area contributed by atoms with Crippen LogP contribution in [0.25, 0.3) is 17.3 Å². The van der Waals surface area contributed by atoms with Crippen LogP contribution in [0.2, 0.25) is 0 Å². The van der Waals surface area contributed by atoms with E-state index >= 15 is 0 Å². The first-order valence-corrected chi connectivity index (χ1v) is 10.0. The molecule has 2 amide bonds. The summed E-state index contributed by atoms with van der Waals surface area (Å²) in [6, 6.07) is 18.2. The largest absolute Gasteiger partial charge is 0.461 e. The predicted octanol–water partition coefficient (Wildman–Crippen LogP) is 4.50. The summed E-state index contributed by atoms with van der Waals surface area (Å²) in [4.78, 5) is 16.9. The number of amides is 2. The van der Waals surface area contributed by atoms with Gasteiger partial charge in [-0.2, -0.15) is 4.98 Å². The number of anilines is 2. The first-order valence-electron chi connectivity index (χ1n) is 10.0. The first kappa shape index (κ1) is 21.1. The van der Waals surface area contributed by atoms with Crippen LogP contribution in [0.4, 0.5) is 16.2 Å². The van der Waals surface area contributed by atoms with Gasteiger partial charge in [-0.05, 0) is 48.9 Å². The molecule has 0 saturated carbocycles. The molecule has 2 heterocycles. The Bertz CT molecular complexity index is 1190. The summed E-state index contributed by atoms with van der Waals surface area (Å²) in [7, 11) is 1.59. The van der Waals surface area contributed by atoms with Crippen molar-refractivity contribution in [2.24, 2.45) is 0 Å². The van der Waals surface area contributed by atoms with E-state index in [1.165, 1.54) is 0 Å². The van der Waals surface area contributed by atoms with E-state index in [0.29, 0.717) is 36.2 Å². The molecule has 0 aliphatic rings. The Morgan fingerprint density at radius 3 is 2.72 bits per heavy atom. The van der Waals surface area contributed by atoms with Gasteiger partial charge in [-0.25, -0.2) is 9.48 Å². The summed E-state index contributed by atoms with van der Waals surface area (Å²) in [5.41, 5.74) is 2.99. The molecule has 2 aromatic heterocycles. The van der Waals surface area contributed by atoms with Crippen LogP contribution in [0.5, 0.6) is 6.01 Å². The van der Waals surface area contributed by atoms with Gasteiger partial charge in [0.25, 0.3) is 0 Å². The minimum atomic E-state index is -0.343. The lowest BCUT2D eigenvalue weighted by molar-refractivity contribution is 0.141. The van der Waals surface area contributed by atoms with Gasteiger partial charge in [0.1, 0.15) is 6.61 Å². The number of carbonyl (C=O) groups is 1. The molecule has 0 atom stereocenters. The molecule has 164 valence electrons. The van der Waals surface area contributed by atoms with E-state index in [9.17, 15) is 4.79 Å². The fourth-order valence-electron chi connectivity index (χ4n) is 3.03. The maximum Gasteiger partial charge on any atom is 0.336 e. The van der Waals surface area contributed by atoms with E-state index < -0.39 is 0 Å². The van der Waals surface area contributed by atoms with Crippen LogP contribution in [0.1, 0.15) is 5.56 Å². The van der Waals surface area contributed by atoms with Crippen molar-refractivity contribution in [1.82, 2.24) is 14.8 Å². The summed E-state index contributed by atoms with van der Waals surface area (Å²) in [6.07, 6.45) is 1.56. The predicted molar refractivity (Wildman–Crippen MR) is 120 cm³/mol. The van der Waals surface area contributed by atoms with Gasteiger partial charge in [-0.1, -0.05) is 24.3 Å². The van der Waals surface area contributed by atoms with Gasteiger partial charge in [-0.3, -0.25) is 0 Å². The Kier molecular flexibility index (Phi) is 6.47. The van der Waals surface area contributed by atoms with Crippen molar-refractivity contribution in [1.29, 1.82) is 0 Å². The number of para-hydroxylation sites is 1. The number of benzene rings is 2. The molecule has 0 fully saturated rings. The van der Waals surface area contributed by atoms with Gasteiger partial charge >= 0.3 is 12.0 Å². The third-order valence-electron chi connectivity index (χ3n) is 4.59. The smallest absolute Gasteiger partial charge is 0.336 e. The maximum atomic E-state index is 12.5. The molecule has 32 heavy (non-hydrogen) atoms. The number of rotatable bonds is 8. The van der Waals surface area contributed by atoms with E-state index in [0.717, 1.165) is 11.3 Å². The summed E-state index contributed by atoms with van der Waals surface area (Å²) in [6.45, 7) is 2.67. The van der Waals surface area contributed by atoms with Crippen LogP contribution in [0.15, 0.2) is 71.3 Å². The normalized spacial score (nSPS) is 10.7. The summed E-state index contributed by atoms with van der Waals surface area (Å²) >= 11 is 0. The van der Waals surface area contributed by atoms with Crippen LogP contribution in [-0.4, -0.2) is 41.1 Å². The zero-order valence-corrected chi connectivity index (χ0v) is 17.7. The van der Waals surface area contributed by atoms with Crippen molar-refractivity contribution < 1.29 is 18.7 Å². The average Bonchev–Trinajstić information content (AvgIpc) is 3.46. The standard InChI is InChI=1S/C23H23N5O4/c1-16-7-3-4-10-19(16)25-22(29)24-17-8-5-9-18(15-17)28-21(20-11-6-12-31-20)26-23(27-28)32-14-13-30-2/h3-12,15H,13-14H2,1-2H3,(H2,24,25,29). The minimum absolute atomic E-state index is 0.198. The number of aromatic nitrogens is 3. The zero-order valence-electron chi connectivity index (χ0n) is 17.7. The fourth-order valence-corrected chi connectivity index (χ4v) is 3.03. The molecule has 0 radical (unpaired) electrons. The molecule has 0 spiro atoms. The van der Waals surface area contributed by atoms with Gasteiger partial charge in [0, 0.05) is 18.5 Å². The zero-order chi connectivity index (χ0) is 22.3. The van der Waals surface area contributed by atoms with Crippen LogP contribution in [-0.2, 0) is 4.74 Å². The summed E-state index contributed by atoms with van der Waals surface area (Å²) in [5.74, 6) is 1.01. The monoisotopic (exact) mass is 433 g/mol. The summed E-state index contributed by atoms with van der Waals surface area (Å²) < 4.78 is 17.7. The van der Waals surface area contributed by atoms with E-state index in [-0.39, 0.29) is 12.0 Å². The molecular formula is C23H23N5O4. The number of hydrogen-bond acceptors (Lipinski definition) is 6. The van der Waals surface area contributed by atoms with Crippen molar-refractivity contribution >= 4 is 17.4 Å². The highest BCUT2D eigenvalue weighted by atomic mass is 16.5. The van der Waals surface area contributed by atoms with Crippen molar-refractivity contribution in [3.05, 3.63) is 72.5 Å². The van der Waals surface area contributed by atoms with Gasteiger partial charge in [-0.15, -0.1) is 5.10 Å². The Morgan fingerprint density at radius 1 is 1.06 bits per heavy atom. The topological polar surface area (TPSA) is 103 Å². The fraction of sp³-hybridized carbons (Fsp3) is 0.174. The minimum Gasteiger partial charge on any atom is -0.461 e. The van der Waals surface area contributed by atoms with E-state index in [1.807, 2.05) is 43.3 Å². The third-order valence-corrected chi connectivity index (χ3v) is 4.59. The second-order valence-electron chi connectivity index (χ2n) is 6.89. The number of carbonyl (C=O) groups excluding carboxylic acids is 1. The molecule has 0 aliphatic carbocycles. The lowest BCUT2D eigenvalue weighted by Crippen LogP contribution is -2.20. The number of nitrogens with one attached hydrogen (secondary N) is 2. The van der Waals surface area contributed by atoms with E-state index in [4.69, 9.17) is 13.9 Å². The molecule has 9 heteroatoms. The number of ether oxygens (including phenoxy) is 2. The van der Waals surface area contributed by atoms with E-state index in [1.54, 1.807) is 42.3 Å². The third kappa shape index (κ3) is 4.96. The highest BCUT2D eigenvalue weighted by Gasteiger charge is 2.17. The molecule has 2 N–H and O–H groups in total. The van der Waals surface area contributed by atoms with Crippen LogP contribution < -0.4 is 15.4 Å². The second-order valence-corrected chi connectivity index (χ2v) is 6.89. The maximum absolute atomic E-state index is 12.5. The van der Waals surface area contributed by atoms with Crippen LogP contribution in [0.3, 0.4) is 0 Å². The number of hydrogen-bond donors (Lipinski definition) is 2. The molecule has 4 aromatic rings. The lowest BCUT2D eigenvalue weighted by atomic mass is 10.2. The van der Waals surface area contributed by atoms with Gasteiger partial charge in [0.05, 0.1) is 18.6 Å². The Hall–Kier alpha value is -4.11.